The number of ether oxygens (including phenoxy) is 10. The van der Waals surface area contributed by atoms with Crippen molar-refractivity contribution in [3.63, 3.8) is 0 Å². The molecule has 0 spiro atoms. The molecule has 3 fully saturated rings. The molecule has 4 aliphatic heterocycles. The maximum Gasteiger partial charge on any atom is 0.310 e. The molecule has 1 aromatic heterocycles. The van der Waals surface area contributed by atoms with Crippen molar-refractivity contribution in [2.75, 3.05) is 41.3 Å². The number of phenolic OH excluding ortho intramolecular Hbond substituents is 1. The highest BCUT2D eigenvalue weighted by Gasteiger charge is 2.56. The van der Waals surface area contributed by atoms with Gasteiger partial charge in [-0.15, -0.1) is 11.3 Å². The minimum atomic E-state index is -1.24. The standard InChI is InChI=1S/C33H34O13S/c1-37-20-7-14(8-21(38-2)26(20)34)24-15-9-18-19(43-13-42-18)10-16(15)28(17-11-40-31(36)25(17)24)45-33-27(35)30(39-3)29-22(44-33)12-41-32(46-29)23-5-4-6-47-23/h4-10,17,22,24-25,27-30,32-35H,11-13H2,1-3H3/t17-,22+,24+,25-,27+,28+,29+,30+,32?,33-/m0/s1. The third kappa shape index (κ3) is 5.01. The first-order valence-corrected chi connectivity index (χ1v) is 16.1. The number of carbonyl (C=O) groups is 1. The topological polar surface area (TPSA) is 150 Å². The Balaban J connectivity index is 1.17. The Morgan fingerprint density at radius 2 is 1.68 bits per heavy atom. The Morgan fingerprint density at radius 1 is 0.936 bits per heavy atom. The third-order valence-electron chi connectivity index (χ3n) is 9.62. The van der Waals surface area contributed by atoms with Gasteiger partial charge >= 0.3 is 5.97 Å². The number of methoxy groups -OCH3 is 3. The highest BCUT2D eigenvalue weighted by Crippen LogP contribution is 2.57. The van der Waals surface area contributed by atoms with Gasteiger partial charge in [0.15, 0.2) is 35.6 Å². The summed E-state index contributed by atoms with van der Waals surface area (Å²) < 4.78 is 59.1. The largest absolute Gasteiger partial charge is 0.502 e. The van der Waals surface area contributed by atoms with Gasteiger partial charge in [-0.3, -0.25) is 4.79 Å². The number of rotatable bonds is 7. The van der Waals surface area contributed by atoms with Gasteiger partial charge in [-0.1, -0.05) is 6.07 Å². The summed E-state index contributed by atoms with van der Waals surface area (Å²) in [6, 6.07) is 10.9. The van der Waals surface area contributed by atoms with Gasteiger partial charge in [-0.2, -0.15) is 0 Å². The third-order valence-corrected chi connectivity index (χ3v) is 10.5. The number of hydrogen-bond donors (Lipinski definition) is 2. The van der Waals surface area contributed by atoms with Gasteiger partial charge < -0.3 is 57.6 Å². The Kier molecular flexibility index (Phi) is 7.91. The van der Waals surface area contributed by atoms with Gasteiger partial charge in [-0.05, 0) is 52.4 Å². The van der Waals surface area contributed by atoms with Crippen LogP contribution >= 0.6 is 11.3 Å². The van der Waals surface area contributed by atoms with Crippen LogP contribution in [0.25, 0.3) is 0 Å². The number of phenols is 1. The van der Waals surface area contributed by atoms with E-state index in [0.717, 1.165) is 10.4 Å². The smallest absolute Gasteiger partial charge is 0.310 e. The normalized spacial score (nSPS) is 33.8. The molecule has 10 atom stereocenters. The van der Waals surface area contributed by atoms with E-state index >= 15 is 0 Å². The number of aliphatic hydroxyl groups excluding tert-OH is 1. The van der Waals surface area contributed by atoms with Crippen molar-refractivity contribution in [1.29, 1.82) is 0 Å². The van der Waals surface area contributed by atoms with E-state index in [1.165, 1.54) is 32.7 Å². The van der Waals surface area contributed by atoms with Crippen LogP contribution in [-0.4, -0.2) is 88.2 Å². The van der Waals surface area contributed by atoms with Crippen LogP contribution in [0.2, 0.25) is 0 Å². The van der Waals surface area contributed by atoms with E-state index in [9.17, 15) is 15.0 Å². The summed E-state index contributed by atoms with van der Waals surface area (Å²) in [7, 11) is 4.40. The second-order valence-electron chi connectivity index (χ2n) is 12.0. The summed E-state index contributed by atoms with van der Waals surface area (Å²) in [6.45, 7) is 0.307. The molecule has 2 aromatic carbocycles. The van der Waals surface area contributed by atoms with Crippen LogP contribution in [0.4, 0.5) is 0 Å². The van der Waals surface area contributed by atoms with Crippen LogP contribution in [0.3, 0.4) is 0 Å². The molecular formula is C33H34O13S. The molecule has 0 bridgehead atoms. The quantitative estimate of drug-likeness (QED) is 0.354. The van der Waals surface area contributed by atoms with Crippen LogP contribution in [0.15, 0.2) is 41.8 Å². The number of esters is 1. The molecule has 8 rings (SSSR count). The van der Waals surface area contributed by atoms with Crippen LogP contribution in [0.5, 0.6) is 28.7 Å². The second-order valence-corrected chi connectivity index (χ2v) is 13.0. The Labute approximate surface area is 273 Å². The first kappa shape index (κ1) is 30.7. The molecule has 0 saturated carbocycles. The zero-order chi connectivity index (χ0) is 32.4. The van der Waals surface area contributed by atoms with Crippen molar-refractivity contribution in [2.24, 2.45) is 11.8 Å². The molecule has 0 amide bonds. The highest BCUT2D eigenvalue weighted by molar-refractivity contribution is 7.10. The van der Waals surface area contributed by atoms with Crippen molar-refractivity contribution in [3.8, 4) is 28.7 Å². The summed E-state index contributed by atoms with van der Waals surface area (Å²) >= 11 is 1.51. The van der Waals surface area contributed by atoms with E-state index in [4.69, 9.17) is 47.4 Å². The Bertz CT molecular complexity index is 1620. The molecule has 47 heavy (non-hydrogen) atoms. The van der Waals surface area contributed by atoms with E-state index in [1.807, 2.05) is 29.6 Å². The highest BCUT2D eigenvalue weighted by atomic mass is 32.1. The molecule has 2 N–H and O–H groups in total. The maximum absolute atomic E-state index is 13.5. The number of fused-ring (bicyclic) bond motifs is 4. The fourth-order valence-electron chi connectivity index (χ4n) is 7.44. The Hall–Kier alpha value is -3.63. The minimum absolute atomic E-state index is 0.0413. The van der Waals surface area contributed by atoms with Gasteiger partial charge in [0.25, 0.3) is 0 Å². The molecule has 14 heteroatoms. The number of hydrogen-bond acceptors (Lipinski definition) is 14. The number of thiophene rings is 1. The van der Waals surface area contributed by atoms with Gasteiger partial charge in [0.1, 0.15) is 24.4 Å². The summed E-state index contributed by atoms with van der Waals surface area (Å²) in [6.07, 6.45) is -5.74. The van der Waals surface area contributed by atoms with Crippen LogP contribution < -0.4 is 18.9 Å². The fourth-order valence-corrected chi connectivity index (χ4v) is 8.15. The lowest BCUT2D eigenvalue weighted by atomic mass is 9.66. The predicted molar refractivity (Wildman–Crippen MR) is 161 cm³/mol. The zero-order valence-corrected chi connectivity index (χ0v) is 26.5. The van der Waals surface area contributed by atoms with Crippen LogP contribution in [0.1, 0.15) is 39.9 Å². The average Bonchev–Trinajstić information content (AvgIpc) is 3.86. The van der Waals surface area contributed by atoms with E-state index in [2.05, 4.69) is 0 Å². The lowest BCUT2D eigenvalue weighted by Crippen LogP contribution is -2.63. The lowest BCUT2D eigenvalue weighted by Gasteiger charge is -2.48. The van der Waals surface area contributed by atoms with Gasteiger partial charge in [0, 0.05) is 18.9 Å². The van der Waals surface area contributed by atoms with Crippen molar-refractivity contribution in [3.05, 3.63) is 63.3 Å². The molecule has 1 aliphatic carbocycles. The molecule has 0 radical (unpaired) electrons. The molecule has 3 aromatic rings. The molecule has 3 saturated heterocycles. The number of aromatic hydroxyl groups is 1. The van der Waals surface area contributed by atoms with Crippen molar-refractivity contribution >= 4 is 17.3 Å². The molecule has 13 nitrogen and oxygen atoms in total. The fraction of sp³-hybridized carbons (Fsp3) is 0.485. The summed E-state index contributed by atoms with van der Waals surface area (Å²) in [5.41, 5.74) is 2.10. The lowest BCUT2D eigenvalue weighted by molar-refractivity contribution is -0.371. The minimum Gasteiger partial charge on any atom is -0.502 e. The number of cyclic esters (lactones) is 1. The number of aliphatic hydroxyl groups is 1. The van der Waals surface area contributed by atoms with Gasteiger partial charge in [-0.25, -0.2) is 0 Å². The number of benzene rings is 2. The molecule has 1 unspecified atom stereocenters. The predicted octanol–water partition coefficient (Wildman–Crippen LogP) is 3.41. The van der Waals surface area contributed by atoms with Crippen LogP contribution in [0, 0.1) is 11.8 Å². The number of carbonyl (C=O) groups excluding carboxylic acids is 1. The summed E-state index contributed by atoms with van der Waals surface area (Å²) in [4.78, 5) is 14.5. The molecular weight excluding hydrogens is 636 g/mol. The Morgan fingerprint density at radius 3 is 2.36 bits per heavy atom. The molecule has 5 heterocycles. The van der Waals surface area contributed by atoms with Crippen molar-refractivity contribution in [1.82, 2.24) is 0 Å². The first-order chi connectivity index (χ1) is 22.9. The van der Waals surface area contributed by atoms with E-state index < -0.39 is 66.8 Å². The molecule has 5 aliphatic rings. The monoisotopic (exact) mass is 670 g/mol. The van der Waals surface area contributed by atoms with Gasteiger partial charge in [0.2, 0.25) is 12.5 Å². The summed E-state index contributed by atoms with van der Waals surface area (Å²) in [5, 5.41) is 24.2. The second kappa shape index (κ2) is 12.1. The van der Waals surface area contributed by atoms with Gasteiger partial charge in [0.05, 0.1) is 44.3 Å². The molecule has 250 valence electrons. The zero-order valence-electron chi connectivity index (χ0n) is 25.7. The van der Waals surface area contributed by atoms with E-state index in [1.54, 1.807) is 12.1 Å². The average molecular weight is 671 g/mol. The summed E-state index contributed by atoms with van der Waals surface area (Å²) in [5.74, 6) is -0.868. The van der Waals surface area contributed by atoms with Crippen molar-refractivity contribution in [2.45, 2.75) is 49.0 Å². The van der Waals surface area contributed by atoms with Crippen molar-refractivity contribution < 1.29 is 62.4 Å². The SMILES string of the molecule is COc1cc([C@@H]2c3cc4c(cc3[C@@H](O[C@@H]3O[C@@H]5COC(c6cccs6)O[C@H]5[C@H](OC)[C@H]3O)[C@H]3COC(=O)[C@H]23)OCO4)cc(OC)c1O. The first-order valence-electron chi connectivity index (χ1n) is 15.3. The van der Waals surface area contributed by atoms with E-state index in [0.29, 0.717) is 22.6 Å². The maximum atomic E-state index is 13.5. The van der Waals surface area contributed by atoms with Crippen LogP contribution in [-0.2, 0) is 33.2 Å². The van der Waals surface area contributed by atoms with E-state index in [-0.39, 0.29) is 37.3 Å².